The summed E-state index contributed by atoms with van der Waals surface area (Å²) in [6.07, 6.45) is 0.597. The zero-order valence-electron chi connectivity index (χ0n) is 12.6. The van der Waals surface area contributed by atoms with E-state index >= 15 is 0 Å². The minimum atomic E-state index is -0.985. The second-order valence-electron chi connectivity index (χ2n) is 5.97. The fourth-order valence-electron chi connectivity index (χ4n) is 3.22. The highest BCUT2D eigenvalue weighted by molar-refractivity contribution is 5.39. The van der Waals surface area contributed by atoms with E-state index in [1.807, 2.05) is 24.3 Å². The molecule has 2 unspecified atom stereocenters. The van der Waals surface area contributed by atoms with Crippen LogP contribution in [0.4, 0.5) is 8.78 Å². The zero-order valence-corrected chi connectivity index (χ0v) is 12.6. The van der Waals surface area contributed by atoms with Gasteiger partial charge in [-0.3, -0.25) is 0 Å². The molecule has 122 valence electrons. The molecule has 0 saturated heterocycles. The predicted molar refractivity (Wildman–Crippen MR) is 82.8 cm³/mol. The molecule has 0 heterocycles. The summed E-state index contributed by atoms with van der Waals surface area (Å²) in [5.74, 6) is -1.92. The van der Waals surface area contributed by atoms with Crippen molar-refractivity contribution < 1.29 is 19.0 Å². The minimum Gasteiger partial charge on any atom is -0.394 e. The Morgan fingerprint density at radius 3 is 2.65 bits per heavy atom. The number of rotatable bonds is 5. The Morgan fingerprint density at radius 1 is 1.13 bits per heavy atom. The second-order valence-corrected chi connectivity index (χ2v) is 5.97. The van der Waals surface area contributed by atoms with E-state index in [-0.39, 0.29) is 13.2 Å². The van der Waals surface area contributed by atoms with Crippen molar-refractivity contribution >= 4 is 0 Å². The van der Waals surface area contributed by atoms with Crippen molar-refractivity contribution in [1.29, 1.82) is 0 Å². The fourth-order valence-corrected chi connectivity index (χ4v) is 3.22. The summed E-state index contributed by atoms with van der Waals surface area (Å²) >= 11 is 0. The van der Waals surface area contributed by atoms with E-state index < -0.39 is 23.3 Å². The molecule has 0 spiro atoms. The highest BCUT2D eigenvalue weighted by Crippen LogP contribution is 2.36. The van der Waals surface area contributed by atoms with Gasteiger partial charge in [0.05, 0.1) is 18.2 Å². The van der Waals surface area contributed by atoms with E-state index in [4.69, 9.17) is 0 Å². The van der Waals surface area contributed by atoms with Crippen LogP contribution in [-0.2, 0) is 12.0 Å². The average Bonchev–Trinajstić information content (AvgIpc) is 2.95. The Hall–Kier alpha value is -1.82. The van der Waals surface area contributed by atoms with Crippen LogP contribution >= 0.6 is 0 Å². The van der Waals surface area contributed by atoms with Gasteiger partial charge in [0.25, 0.3) is 0 Å². The van der Waals surface area contributed by atoms with E-state index in [0.717, 1.165) is 30.5 Å². The maximum atomic E-state index is 13.3. The van der Waals surface area contributed by atoms with Gasteiger partial charge in [-0.15, -0.1) is 0 Å². The molecule has 2 aromatic carbocycles. The van der Waals surface area contributed by atoms with Crippen LogP contribution in [0.2, 0.25) is 0 Å². The SMILES string of the molecule is OCC1(NCC(O)c2ccc(F)c(F)c2)CCc2ccccc21. The van der Waals surface area contributed by atoms with Gasteiger partial charge in [-0.05, 0) is 41.7 Å². The monoisotopic (exact) mass is 319 g/mol. The quantitative estimate of drug-likeness (QED) is 0.793. The van der Waals surface area contributed by atoms with Gasteiger partial charge < -0.3 is 15.5 Å². The van der Waals surface area contributed by atoms with E-state index in [1.54, 1.807) is 0 Å². The first kappa shape index (κ1) is 16.1. The average molecular weight is 319 g/mol. The molecule has 2 aromatic rings. The summed E-state index contributed by atoms with van der Waals surface area (Å²) in [6.45, 7) is 0.0501. The lowest BCUT2D eigenvalue weighted by atomic mass is 9.92. The van der Waals surface area contributed by atoms with Gasteiger partial charge in [-0.1, -0.05) is 30.3 Å². The Balaban J connectivity index is 1.75. The first-order chi connectivity index (χ1) is 11.1. The van der Waals surface area contributed by atoms with Crippen molar-refractivity contribution in [3.05, 3.63) is 70.8 Å². The Morgan fingerprint density at radius 2 is 1.91 bits per heavy atom. The maximum absolute atomic E-state index is 13.3. The van der Waals surface area contributed by atoms with E-state index in [9.17, 15) is 19.0 Å². The molecule has 0 aliphatic heterocycles. The number of fused-ring (bicyclic) bond motifs is 1. The molecule has 2 atom stereocenters. The fraction of sp³-hybridized carbons (Fsp3) is 0.333. The molecule has 3 rings (SSSR count). The number of aryl methyl sites for hydroxylation is 1. The predicted octanol–water partition coefficient (Wildman–Crippen LogP) is 2.42. The van der Waals surface area contributed by atoms with Crippen LogP contribution in [0.1, 0.15) is 29.2 Å². The molecule has 23 heavy (non-hydrogen) atoms. The Bertz CT molecular complexity index is 707. The first-order valence-corrected chi connectivity index (χ1v) is 7.63. The van der Waals surface area contributed by atoms with Crippen LogP contribution in [0.15, 0.2) is 42.5 Å². The van der Waals surface area contributed by atoms with Crippen LogP contribution in [0, 0.1) is 11.6 Å². The molecule has 3 N–H and O–H groups in total. The van der Waals surface area contributed by atoms with E-state index in [0.29, 0.717) is 5.56 Å². The molecule has 0 aromatic heterocycles. The van der Waals surface area contributed by atoms with E-state index in [2.05, 4.69) is 5.32 Å². The number of hydrogen-bond acceptors (Lipinski definition) is 3. The van der Waals surface area contributed by atoms with Crippen LogP contribution in [0.5, 0.6) is 0 Å². The van der Waals surface area contributed by atoms with E-state index in [1.165, 1.54) is 11.6 Å². The lowest BCUT2D eigenvalue weighted by Gasteiger charge is -2.31. The van der Waals surface area contributed by atoms with Crippen molar-refractivity contribution in [2.24, 2.45) is 0 Å². The van der Waals surface area contributed by atoms with Gasteiger partial charge in [0, 0.05) is 6.54 Å². The smallest absolute Gasteiger partial charge is 0.159 e. The third kappa shape index (κ3) is 3.00. The van der Waals surface area contributed by atoms with Crippen molar-refractivity contribution in [2.45, 2.75) is 24.5 Å². The number of aliphatic hydroxyl groups is 2. The van der Waals surface area contributed by atoms with Gasteiger partial charge in [0.1, 0.15) is 0 Å². The molecule has 0 amide bonds. The summed E-state index contributed by atoms with van der Waals surface area (Å²) in [5.41, 5.74) is 1.91. The van der Waals surface area contributed by atoms with Crippen molar-refractivity contribution in [3.63, 3.8) is 0 Å². The summed E-state index contributed by atoms with van der Waals surface area (Å²) in [5, 5.41) is 23.3. The highest BCUT2D eigenvalue weighted by atomic mass is 19.2. The lowest BCUT2D eigenvalue weighted by Crippen LogP contribution is -2.45. The summed E-state index contributed by atoms with van der Waals surface area (Å²) in [4.78, 5) is 0. The number of nitrogens with one attached hydrogen (secondary N) is 1. The summed E-state index contributed by atoms with van der Waals surface area (Å²) in [6, 6.07) is 11.2. The highest BCUT2D eigenvalue weighted by Gasteiger charge is 2.37. The van der Waals surface area contributed by atoms with Gasteiger partial charge in [0.15, 0.2) is 11.6 Å². The number of aliphatic hydroxyl groups excluding tert-OH is 2. The third-order valence-electron chi connectivity index (χ3n) is 4.59. The molecular formula is C18H19F2NO2. The summed E-state index contributed by atoms with van der Waals surface area (Å²) in [7, 11) is 0. The van der Waals surface area contributed by atoms with Crippen LogP contribution < -0.4 is 5.32 Å². The zero-order chi connectivity index (χ0) is 16.4. The van der Waals surface area contributed by atoms with Crippen molar-refractivity contribution in [2.75, 3.05) is 13.2 Å². The minimum absolute atomic E-state index is 0.0888. The van der Waals surface area contributed by atoms with Crippen LogP contribution in [-0.4, -0.2) is 23.4 Å². The Kier molecular flexibility index (Phi) is 4.43. The Labute approximate surface area is 133 Å². The molecule has 1 aliphatic carbocycles. The second kappa shape index (κ2) is 6.35. The topological polar surface area (TPSA) is 52.5 Å². The molecule has 0 bridgehead atoms. The number of hydrogen-bond donors (Lipinski definition) is 3. The van der Waals surface area contributed by atoms with Gasteiger partial charge in [-0.2, -0.15) is 0 Å². The largest absolute Gasteiger partial charge is 0.394 e. The maximum Gasteiger partial charge on any atom is 0.159 e. The number of halogens is 2. The molecule has 0 saturated carbocycles. The molecule has 5 heteroatoms. The first-order valence-electron chi connectivity index (χ1n) is 7.63. The molecule has 3 nitrogen and oxygen atoms in total. The van der Waals surface area contributed by atoms with Crippen LogP contribution in [0.3, 0.4) is 0 Å². The molecule has 0 fully saturated rings. The van der Waals surface area contributed by atoms with Gasteiger partial charge in [-0.25, -0.2) is 8.78 Å². The standard InChI is InChI=1S/C18H19F2NO2/c19-15-6-5-13(9-16(15)20)17(23)10-21-18(11-22)8-7-12-3-1-2-4-14(12)18/h1-6,9,17,21-23H,7-8,10-11H2. The van der Waals surface area contributed by atoms with Crippen LogP contribution in [0.25, 0.3) is 0 Å². The lowest BCUT2D eigenvalue weighted by molar-refractivity contribution is 0.119. The summed E-state index contributed by atoms with van der Waals surface area (Å²) < 4.78 is 26.2. The van der Waals surface area contributed by atoms with Crippen molar-refractivity contribution in [3.8, 4) is 0 Å². The van der Waals surface area contributed by atoms with Crippen molar-refractivity contribution in [1.82, 2.24) is 5.32 Å². The number of benzene rings is 2. The molecule has 0 radical (unpaired) electrons. The van der Waals surface area contributed by atoms with Gasteiger partial charge in [0.2, 0.25) is 0 Å². The molecule has 1 aliphatic rings. The normalized spacial score (nSPS) is 21.2. The van der Waals surface area contributed by atoms with Gasteiger partial charge >= 0.3 is 0 Å². The third-order valence-corrected chi connectivity index (χ3v) is 4.59. The molecular weight excluding hydrogens is 300 g/mol.